The lowest BCUT2D eigenvalue weighted by atomic mass is 10.0. The molecule has 3 heteroatoms. The van der Waals surface area contributed by atoms with Crippen molar-refractivity contribution in [1.82, 2.24) is 5.32 Å². The van der Waals surface area contributed by atoms with Gasteiger partial charge in [0.1, 0.15) is 0 Å². The lowest BCUT2D eigenvalue weighted by Crippen LogP contribution is -2.39. The first-order chi connectivity index (χ1) is 6.65. The minimum Gasteiger partial charge on any atom is -0.329 e. The zero-order valence-corrected chi connectivity index (χ0v) is 10.0. The van der Waals surface area contributed by atoms with Gasteiger partial charge in [-0.25, -0.2) is 0 Å². The number of nitrogens with two attached hydrogens (primary N) is 1. The molecule has 0 fully saturated rings. The maximum Gasteiger partial charge on any atom is 0.0219 e. The third-order valence-corrected chi connectivity index (χ3v) is 3.49. The zero-order chi connectivity index (χ0) is 10.6. The Labute approximate surface area is 90.5 Å². The molecule has 1 aromatic heterocycles. The van der Waals surface area contributed by atoms with E-state index in [0.717, 1.165) is 6.54 Å². The highest BCUT2D eigenvalue weighted by Gasteiger charge is 2.10. The maximum absolute atomic E-state index is 5.69. The molecule has 0 radical (unpaired) electrons. The van der Waals surface area contributed by atoms with E-state index in [9.17, 15) is 0 Å². The van der Waals surface area contributed by atoms with Gasteiger partial charge >= 0.3 is 0 Å². The number of aryl methyl sites for hydroxylation is 1. The molecule has 0 aliphatic rings. The van der Waals surface area contributed by atoms with E-state index in [4.69, 9.17) is 5.73 Å². The molecule has 0 saturated heterocycles. The SMILES string of the molecule is Cc1cscc1CNC(CN)C(C)C. The van der Waals surface area contributed by atoms with Gasteiger partial charge in [0, 0.05) is 19.1 Å². The molecule has 1 aromatic rings. The van der Waals surface area contributed by atoms with Gasteiger partial charge in [-0.05, 0) is 34.7 Å². The summed E-state index contributed by atoms with van der Waals surface area (Å²) in [7, 11) is 0. The van der Waals surface area contributed by atoms with Crippen molar-refractivity contribution in [3.8, 4) is 0 Å². The zero-order valence-electron chi connectivity index (χ0n) is 9.21. The van der Waals surface area contributed by atoms with Gasteiger partial charge in [0.15, 0.2) is 0 Å². The minimum atomic E-state index is 0.425. The molecule has 0 spiro atoms. The van der Waals surface area contributed by atoms with Gasteiger partial charge in [-0.15, -0.1) is 0 Å². The van der Waals surface area contributed by atoms with Gasteiger partial charge in [0.25, 0.3) is 0 Å². The van der Waals surface area contributed by atoms with Crippen molar-refractivity contribution in [2.24, 2.45) is 11.7 Å². The fraction of sp³-hybridized carbons (Fsp3) is 0.636. The summed E-state index contributed by atoms with van der Waals surface area (Å²) >= 11 is 1.76. The molecule has 3 N–H and O–H groups in total. The molecule has 0 saturated carbocycles. The van der Waals surface area contributed by atoms with E-state index in [0.29, 0.717) is 18.5 Å². The van der Waals surface area contributed by atoms with Crippen molar-refractivity contribution >= 4 is 11.3 Å². The van der Waals surface area contributed by atoms with Gasteiger partial charge in [0.2, 0.25) is 0 Å². The van der Waals surface area contributed by atoms with Crippen LogP contribution in [0.4, 0.5) is 0 Å². The average molecular weight is 212 g/mol. The molecule has 0 aliphatic carbocycles. The van der Waals surface area contributed by atoms with Crippen LogP contribution in [-0.4, -0.2) is 12.6 Å². The van der Waals surface area contributed by atoms with Crippen LogP contribution >= 0.6 is 11.3 Å². The standard InChI is InChI=1S/C11H20N2S/c1-8(2)11(4-12)13-5-10-7-14-6-9(10)3/h6-8,11,13H,4-5,12H2,1-3H3. The Bertz CT molecular complexity index is 268. The van der Waals surface area contributed by atoms with Crippen molar-refractivity contribution < 1.29 is 0 Å². The fourth-order valence-electron chi connectivity index (χ4n) is 1.40. The first-order valence-electron chi connectivity index (χ1n) is 5.10. The van der Waals surface area contributed by atoms with E-state index in [1.54, 1.807) is 11.3 Å². The predicted molar refractivity (Wildman–Crippen MR) is 63.6 cm³/mol. The number of rotatable bonds is 5. The Morgan fingerprint density at radius 1 is 1.43 bits per heavy atom. The summed E-state index contributed by atoms with van der Waals surface area (Å²) in [6.45, 7) is 8.20. The topological polar surface area (TPSA) is 38.0 Å². The number of nitrogens with one attached hydrogen (secondary N) is 1. The molecule has 1 heterocycles. The Balaban J connectivity index is 2.43. The predicted octanol–water partition coefficient (Wildman–Crippen LogP) is 2.13. The first kappa shape index (κ1) is 11.7. The van der Waals surface area contributed by atoms with E-state index in [-0.39, 0.29) is 0 Å². The van der Waals surface area contributed by atoms with Crippen LogP contribution in [0.1, 0.15) is 25.0 Å². The average Bonchev–Trinajstić information content (AvgIpc) is 2.52. The van der Waals surface area contributed by atoms with Crippen molar-refractivity contribution in [2.75, 3.05) is 6.54 Å². The smallest absolute Gasteiger partial charge is 0.0219 e. The van der Waals surface area contributed by atoms with Crippen molar-refractivity contribution in [3.63, 3.8) is 0 Å². The first-order valence-corrected chi connectivity index (χ1v) is 6.04. The number of hydrogen-bond donors (Lipinski definition) is 2. The Morgan fingerprint density at radius 3 is 2.57 bits per heavy atom. The van der Waals surface area contributed by atoms with Crippen LogP contribution in [0.5, 0.6) is 0 Å². The van der Waals surface area contributed by atoms with Crippen LogP contribution < -0.4 is 11.1 Å². The van der Waals surface area contributed by atoms with Crippen LogP contribution in [0.15, 0.2) is 10.8 Å². The Morgan fingerprint density at radius 2 is 2.14 bits per heavy atom. The van der Waals surface area contributed by atoms with Gasteiger partial charge < -0.3 is 11.1 Å². The second-order valence-electron chi connectivity index (χ2n) is 4.05. The minimum absolute atomic E-state index is 0.425. The van der Waals surface area contributed by atoms with Crippen LogP contribution in [0, 0.1) is 12.8 Å². The summed E-state index contributed by atoms with van der Waals surface area (Å²) in [4.78, 5) is 0. The van der Waals surface area contributed by atoms with E-state index in [1.165, 1.54) is 11.1 Å². The molecule has 0 bridgehead atoms. The molecule has 0 amide bonds. The van der Waals surface area contributed by atoms with Gasteiger partial charge in [-0.1, -0.05) is 13.8 Å². The molecule has 1 atom stereocenters. The second-order valence-corrected chi connectivity index (χ2v) is 4.79. The molecule has 14 heavy (non-hydrogen) atoms. The molecule has 80 valence electrons. The van der Waals surface area contributed by atoms with Crippen LogP contribution in [-0.2, 0) is 6.54 Å². The van der Waals surface area contributed by atoms with Crippen molar-refractivity contribution in [2.45, 2.75) is 33.4 Å². The summed E-state index contributed by atoms with van der Waals surface area (Å²) in [5.41, 5.74) is 8.47. The maximum atomic E-state index is 5.69. The quantitative estimate of drug-likeness (QED) is 0.784. The van der Waals surface area contributed by atoms with E-state index in [2.05, 4.69) is 36.8 Å². The van der Waals surface area contributed by atoms with E-state index >= 15 is 0 Å². The molecule has 0 aliphatic heterocycles. The Hall–Kier alpha value is -0.380. The number of thiophene rings is 1. The molecule has 2 nitrogen and oxygen atoms in total. The molecule has 0 aromatic carbocycles. The number of hydrogen-bond acceptors (Lipinski definition) is 3. The molecule has 1 rings (SSSR count). The third kappa shape index (κ3) is 3.08. The van der Waals surface area contributed by atoms with Crippen LogP contribution in [0.25, 0.3) is 0 Å². The third-order valence-electron chi connectivity index (χ3n) is 2.58. The highest BCUT2D eigenvalue weighted by molar-refractivity contribution is 7.08. The second kappa shape index (κ2) is 5.49. The van der Waals surface area contributed by atoms with Gasteiger partial charge in [0.05, 0.1) is 0 Å². The molecule has 1 unspecified atom stereocenters. The lowest BCUT2D eigenvalue weighted by molar-refractivity contribution is 0.405. The summed E-state index contributed by atoms with van der Waals surface area (Å²) in [6.07, 6.45) is 0. The summed E-state index contributed by atoms with van der Waals surface area (Å²) in [6, 6.07) is 0.425. The summed E-state index contributed by atoms with van der Waals surface area (Å²) in [5.74, 6) is 0.596. The van der Waals surface area contributed by atoms with Crippen LogP contribution in [0.3, 0.4) is 0 Å². The Kier molecular flexibility index (Phi) is 4.58. The normalized spacial score (nSPS) is 13.5. The summed E-state index contributed by atoms with van der Waals surface area (Å²) in [5, 5.41) is 7.88. The highest BCUT2D eigenvalue weighted by Crippen LogP contribution is 2.13. The largest absolute Gasteiger partial charge is 0.329 e. The van der Waals surface area contributed by atoms with E-state index < -0.39 is 0 Å². The van der Waals surface area contributed by atoms with Gasteiger partial charge in [-0.2, -0.15) is 11.3 Å². The summed E-state index contributed by atoms with van der Waals surface area (Å²) < 4.78 is 0. The van der Waals surface area contributed by atoms with Gasteiger partial charge in [-0.3, -0.25) is 0 Å². The van der Waals surface area contributed by atoms with Crippen molar-refractivity contribution in [1.29, 1.82) is 0 Å². The monoisotopic (exact) mass is 212 g/mol. The van der Waals surface area contributed by atoms with Crippen molar-refractivity contribution in [3.05, 3.63) is 21.9 Å². The molecular weight excluding hydrogens is 192 g/mol. The highest BCUT2D eigenvalue weighted by atomic mass is 32.1. The molecular formula is C11H20N2S. The van der Waals surface area contributed by atoms with E-state index in [1.807, 2.05) is 0 Å². The lowest BCUT2D eigenvalue weighted by Gasteiger charge is -2.20. The van der Waals surface area contributed by atoms with Crippen LogP contribution in [0.2, 0.25) is 0 Å². The fourth-order valence-corrected chi connectivity index (χ4v) is 2.26.